The van der Waals surface area contributed by atoms with Crippen LogP contribution in [-0.2, 0) is 0 Å². The van der Waals surface area contributed by atoms with Crippen LogP contribution in [0.5, 0.6) is 0 Å². The van der Waals surface area contributed by atoms with Crippen molar-refractivity contribution in [1.82, 2.24) is 14.6 Å². The van der Waals surface area contributed by atoms with Crippen LogP contribution in [0.1, 0.15) is 13.8 Å². The number of aromatic nitrogens is 3. The molecule has 0 aliphatic rings. The van der Waals surface area contributed by atoms with Gasteiger partial charge in [-0.1, -0.05) is 55.5 Å². The minimum absolute atomic E-state index is 0.608. The third kappa shape index (κ3) is 2.61. The highest BCUT2D eigenvalue weighted by atomic mass is 32.1. The highest BCUT2D eigenvalue weighted by Gasteiger charge is 2.09. The van der Waals surface area contributed by atoms with Gasteiger partial charge in [0.05, 0.1) is 11.9 Å². The number of hydrogen-bond acceptors (Lipinski definition) is 4. The summed E-state index contributed by atoms with van der Waals surface area (Å²) in [6.07, 6.45) is 1.97. The maximum atomic E-state index is 4.61. The monoisotopic (exact) mass is 272 g/mol. The lowest BCUT2D eigenvalue weighted by Crippen LogP contribution is -2.07. The molecule has 1 N–H and O–H groups in total. The molecule has 98 valence electrons. The van der Waals surface area contributed by atoms with E-state index in [2.05, 4.69) is 41.4 Å². The van der Waals surface area contributed by atoms with Crippen LogP contribution in [-0.4, -0.2) is 21.1 Å². The normalized spacial score (nSPS) is 11.3. The minimum Gasteiger partial charge on any atom is -0.360 e. The summed E-state index contributed by atoms with van der Waals surface area (Å²) in [7, 11) is 0. The highest BCUT2D eigenvalue weighted by molar-refractivity contribution is 7.20. The second kappa shape index (κ2) is 5.01. The zero-order valence-electron chi connectivity index (χ0n) is 11.0. The number of anilines is 1. The zero-order valence-corrected chi connectivity index (χ0v) is 11.8. The van der Waals surface area contributed by atoms with Gasteiger partial charge < -0.3 is 5.32 Å². The van der Waals surface area contributed by atoms with Crippen molar-refractivity contribution in [2.24, 2.45) is 5.92 Å². The summed E-state index contributed by atoms with van der Waals surface area (Å²) < 4.78 is 1.84. The molecule has 0 aliphatic heterocycles. The quantitative estimate of drug-likeness (QED) is 0.790. The molecular weight excluding hydrogens is 256 g/mol. The van der Waals surface area contributed by atoms with Gasteiger partial charge in [0.2, 0.25) is 10.1 Å². The minimum atomic E-state index is 0.608. The third-order valence-electron chi connectivity index (χ3n) is 2.77. The van der Waals surface area contributed by atoms with Crippen molar-refractivity contribution in [1.29, 1.82) is 0 Å². The maximum Gasteiger partial charge on any atom is 0.214 e. The van der Waals surface area contributed by atoms with E-state index in [4.69, 9.17) is 0 Å². The summed E-state index contributed by atoms with van der Waals surface area (Å²) in [4.78, 5) is 5.53. The molecule has 1 aromatic carbocycles. The van der Waals surface area contributed by atoms with Crippen LogP contribution in [0, 0.1) is 5.92 Å². The molecule has 4 nitrogen and oxygen atoms in total. The van der Waals surface area contributed by atoms with Gasteiger partial charge in [0.1, 0.15) is 0 Å². The number of nitrogens with one attached hydrogen (secondary N) is 1. The molecule has 2 aromatic heterocycles. The molecule has 0 aliphatic carbocycles. The Morgan fingerprint density at radius 1 is 1.26 bits per heavy atom. The van der Waals surface area contributed by atoms with Crippen LogP contribution in [0.15, 0.2) is 36.5 Å². The van der Waals surface area contributed by atoms with Gasteiger partial charge in [0, 0.05) is 12.1 Å². The lowest BCUT2D eigenvalue weighted by molar-refractivity contribution is 0.687. The Kier molecular flexibility index (Phi) is 3.21. The largest absolute Gasteiger partial charge is 0.360 e. The van der Waals surface area contributed by atoms with Crippen molar-refractivity contribution >= 4 is 21.4 Å². The van der Waals surface area contributed by atoms with Crippen LogP contribution >= 0.6 is 11.3 Å². The Labute approximate surface area is 116 Å². The first-order chi connectivity index (χ1) is 9.22. The number of fused-ring (bicyclic) bond motifs is 1. The predicted molar refractivity (Wildman–Crippen MR) is 79.6 cm³/mol. The van der Waals surface area contributed by atoms with Crippen molar-refractivity contribution in [3.05, 3.63) is 36.5 Å². The second-order valence-electron chi connectivity index (χ2n) is 4.90. The van der Waals surface area contributed by atoms with Crippen molar-refractivity contribution in [3.63, 3.8) is 0 Å². The molecule has 0 unspecified atom stereocenters. The van der Waals surface area contributed by atoms with Crippen LogP contribution in [0.2, 0.25) is 0 Å². The highest BCUT2D eigenvalue weighted by Crippen LogP contribution is 2.24. The fourth-order valence-electron chi connectivity index (χ4n) is 1.81. The van der Waals surface area contributed by atoms with Gasteiger partial charge in [-0.05, 0) is 5.92 Å². The van der Waals surface area contributed by atoms with Crippen molar-refractivity contribution in [2.45, 2.75) is 13.8 Å². The van der Waals surface area contributed by atoms with Gasteiger partial charge in [-0.2, -0.15) is 0 Å². The van der Waals surface area contributed by atoms with E-state index in [1.165, 1.54) is 0 Å². The molecule has 0 saturated heterocycles. The van der Waals surface area contributed by atoms with E-state index >= 15 is 0 Å². The van der Waals surface area contributed by atoms with Crippen LogP contribution < -0.4 is 5.32 Å². The van der Waals surface area contributed by atoms with Crippen LogP contribution in [0.3, 0.4) is 0 Å². The Morgan fingerprint density at radius 3 is 2.74 bits per heavy atom. The Hall–Kier alpha value is -1.88. The average Bonchev–Trinajstić information content (AvgIpc) is 2.95. The molecule has 2 heterocycles. The Balaban J connectivity index is 1.86. The molecule has 0 radical (unpaired) electrons. The summed E-state index contributed by atoms with van der Waals surface area (Å²) in [6.45, 7) is 5.29. The van der Waals surface area contributed by atoms with Crippen molar-refractivity contribution in [3.8, 4) is 11.3 Å². The summed E-state index contributed by atoms with van der Waals surface area (Å²) in [6, 6.07) is 10.2. The molecule has 0 spiro atoms. The van der Waals surface area contributed by atoms with Crippen molar-refractivity contribution < 1.29 is 0 Å². The fraction of sp³-hybridized carbons (Fsp3) is 0.286. The molecule has 3 aromatic rings. The SMILES string of the molecule is CC(C)CNc1nn2cc(-c3ccccc3)nc2s1. The van der Waals surface area contributed by atoms with Gasteiger partial charge in [-0.25, -0.2) is 9.50 Å². The molecule has 0 bridgehead atoms. The van der Waals surface area contributed by atoms with Gasteiger partial charge >= 0.3 is 0 Å². The van der Waals surface area contributed by atoms with Crippen LogP contribution in [0.4, 0.5) is 5.13 Å². The van der Waals surface area contributed by atoms with Crippen LogP contribution in [0.25, 0.3) is 16.2 Å². The summed E-state index contributed by atoms with van der Waals surface area (Å²) in [5.41, 5.74) is 2.09. The standard InChI is InChI=1S/C14H16N4S/c1-10(2)8-15-13-17-18-9-12(16-14(18)19-13)11-6-4-3-5-7-11/h3-7,9-10H,8H2,1-2H3,(H,15,17). The molecule has 3 rings (SSSR count). The fourth-order valence-corrected chi connectivity index (χ4v) is 2.60. The number of benzene rings is 1. The topological polar surface area (TPSA) is 42.2 Å². The van der Waals surface area contributed by atoms with Gasteiger partial charge in [-0.3, -0.25) is 0 Å². The van der Waals surface area contributed by atoms with E-state index < -0.39 is 0 Å². The molecule has 0 saturated carbocycles. The molecule has 0 fully saturated rings. The molecule has 5 heteroatoms. The lowest BCUT2D eigenvalue weighted by Gasteiger charge is -2.03. The number of imidazole rings is 1. The molecule has 19 heavy (non-hydrogen) atoms. The van der Waals surface area contributed by atoms with E-state index in [9.17, 15) is 0 Å². The van der Waals surface area contributed by atoms with E-state index in [0.29, 0.717) is 5.92 Å². The van der Waals surface area contributed by atoms with Gasteiger partial charge in [-0.15, -0.1) is 5.10 Å². The number of rotatable bonds is 4. The zero-order chi connectivity index (χ0) is 13.2. The lowest BCUT2D eigenvalue weighted by atomic mass is 10.2. The van der Waals surface area contributed by atoms with Crippen molar-refractivity contribution in [2.75, 3.05) is 11.9 Å². The van der Waals surface area contributed by atoms with E-state index in [1.807, 2.05) is 28.9 Å². The van der Waals surface area contributed by atoms with E-state index in [0.717, 1.165) is 27.9 Å². The Morgan fingerprint density at radius 2 is 2.05 bits per heavy atom. The molecule has 0 amide bonds. The first-order valence-corrected chi connectivity index (χ1v) is 7.19. The maximum absolute atomic E-state index is 4.61. The van der Waals surface area contributed by atoms with E-state index in [-0.39, 0.29) is 0 Å². The predicted octanol–water partition coefficient (Wildman–Crippen LogP) is 3.53. The number of hydrogen-bond donors (Lipinski definition) is 1. The number of nitrogens with zero attached hydrogens (tertiary/aromatic N) is 3. The second-order valence-corrected chi connectivity index (χ2v) is 5.86. The summed E-state index contributed by atoms with van der Waals surface area (Å²) in [5, 5.41) is 8.74. The first kappa shape index (κ1) is 12.2. The Bertz CT molecular complexity index is 638. The summed E-state index contributed by atoms with van der Waals surface area (Å²) >= 11 is 1.58. The summed E-state index contributed by atoms with van der Waals surface area (Å²) in [5.74, 6) is 0.608. The van der Waals surface area contributed by atoms with Gasteiger partial charge in [0.25, 0.3) is 0 Å². The van der Waals surface area contributed by atoms with Gasteiger partial charge in [0.15, 0.2) is 0 Å². The average molecular weight is 272 g/mol. The third-order valence-corrected chi connectivity index (χ3v) is 3.65. The smallest absolute Gasteiger partial charge is 0.214 e. The molecular formula is C14H16N4S. The van der Waals surface area contributed by atoms with E-state index in [1.54, 1.807) is 11.3 Å². The molecule has 0 atom stereocenters. The first-order valence-electron chi connectivity index (χ1n) is 6.38.